The molecule has 0 amide bonds. The summed E-state index contributed by atoms with van der Waals surface area (Å²) in [5.41, 5.74) is 0. The van der Waals surface area contributed by atoms with Crippen molar-refractivity contribution in [2.75, 3.05) is 0 Å². The highest BCUT2D eigenvalue weighted by Gasteiger charge is 2.42. The predicted octanol–water partition coefficient (Wildman–Crippen LogP) is 4.49. The molecule has 0 aromatic carbocycles. The quantitative estimate of drug-likeness (QED) is 0.621. The summed E-state index contributed by atoms with van der Waals surface area (Å²) in [7, 11) is 0. The summed E-state index contributed by atoms with van der Waals surface area (Å²) in [5, 5.41) is 0. The summed E-state index contributed by atoms with van der Waals surface area (Å²) in [6.45, 7) is 7.24. The van der Waals surface area contributed by atoms with Crippen LogP contribution in [0.15, 0.2) is 0 Å². The average Bonchev–Trinajstić information content (AvgIpc) is 2.61. The van der Waals surface area contributed by atoms with Crippen molar-refractivity contribution in [1.82, 2.24) is 0 Å². The summed E-state index contributed by atoms with van der Waals surface area (Å²) >= 11 is 0. The van der Waals surface area contributed by atoms with E-state index in [4.69, 9.17) is 0 Å². The van der Waals surface area contributed by atoms with E-state index in [1.54, 1.807) is 19.3 Å². The fraction of sp³-hybridized carbons (Fsp3) is 1.00. The smallest absolute Gasteiger partial charge is 0.0355 e. The zero-order chi connectivity index (χ0) is 10.1. The van der Waals surface area contributed by atoms with Gasteiger partial charge in [0.2, 0.25) is 0 Å². The molecule has 0 aromatic heterocycles. The summed E-state index contributed by atoms with van der Waals surface area (Å²) in [6.07, 6.45) is 9.15. The van der Waals surface area contributed by atoms with Crippen molar-refractivity contribution in [3.63, 3.8) is 0 Å². The van der Waals surface area contributed by atoms with Crippen LogP contribution in [0.25, 0.3) is 0 Å². The Hall–Kier alpha value is 0. The molecule has 0 heteroatoms. The SMILES string of the molecule is CC(C)CCC1C(C)CC2CCCC21. The number of rotatable bonds is 3. The molecule has 2 aliphatic carbocycles. The summed E-state index contributed by atoms with van der Waals surface area (Å²) in [6, 6.07) is 0. The van der Waals surface area contributed by atoms with E-state index >= 15 is 0 Å². The lowest BCUT2D eigenvalue weighted by molar-refractivity contribution is 0.275. The van der Waals surface area contributed by atoms with Crippen LogP contribution in [0.2, 0.25) is 0 Å². The molecule has 4 unspecified atom stereocenters. The van der Waals surface area contributed by atoms with Crippen LogP contribution >= 0.6 is 0 Å². The van der Waals surface area contributed by atoms with Crippen molar-refractivity contribution in [3.05, 3.63) is 0 Å². The largest absolute Gasteiger partial charge is 0.0628 e. The van der Waals surface area contributed by atoms with E-state index < -0.39 is 0 Å². The van der Waals surface area contributed by atoms with Crippen molar-refractivity contribution >= 4 is 0 Å². The van der Waals surface area contributed by atoms with Crippen molar-refractivity contribution in [2.45, 2.75) is 59.3 Å². The van der Waals surface area contributed by atoms with Crippen molar-refractivity contribution < 1.29 is 0 Å². The van der Waals surface area contributed by atoms with Gasteiger partial charge in [0, 0.05) is 0 Å². The lowest BCUT2D eigenvalue weighted by Gasteiger charge is -2.22. The molecule has 14 heavy (non-hydrogen) atoms. The highest BCUT2D eigenvalue weighted by atomic mass is 14.5. The van der Waals surface area contributed by atoms with Gasteiger partial charge in [0.05, 0.1) is 0 Å². The Morgan fingerprint density at radius 1 is 1.21 bits per heavy atom. The van der Waals surface area contributed by atoms with Gasteiger partial charge in [-0.25, -0.2) is 0 Å². The van der Waals surface area contributed by atoms with Gasteiger partial charge in [-0.05, 0) is 48.9 Å². The third-order valence-corrected chi connectivity index (χ3v) is 4.75. The molecule has 0 aromatic rings. The van der Waals surface area contributed by atoms with Crippen LogP contribution in [-0.2, 0) is 0 Å². The lowest BCUT2D eigenvalue weighted by Crippen LogP contribution is -2.14. The van der Waals surface area contributed by atoms with E-state index in [-0.39, 0.29) is 0 Å². The van der Waals surface area contributed by atoms with Crippen LogP contribution in [0.3, 0.4) is 0 Å². The first kappa shape index (κ1) is 10.5. The maximum atomic E-state index is 2.50. The van der Waals surface area contributed by atoms with E-state index in [1.807, 2.05) is 0 Å². The second-order valence-corrected chi connectivity index (χ2v) is 6.20. The van der Waals surface area contributed by atoms with Crippen molar-refractivity contribution in [3.8, 4) is 0 Å². The van der Waals surface area contributed by atoms with E-state index in [9.17, 15) is 0 Å². The minimum absolute atomic E-state index is 0.905. The van der Waals surface area contributed by atoms with Crippen LogP contribution in [0.1, 0.15) is 59.3 Å². The monoisotopic (exact) mass is 194 g/mol. The van der Waals surface area contributed by atoms with Crippen LogP contribution in [0, 0.1) is 29.6 Å². The minimum atomic E-state index is 0.905. The van der Waals surface area contributed by atoms with Crippen molar-refractivity contribution in [2.24, 2.45) is 29.6 Å². The molecule has 0 spiro atoms. The highest BCUT2D eigenvalue weighted by molar-refractivity contribution is 4.92. The Balaban J connectivity index is 1.89. The van der Waals surface area contributed by atoms with Crippen molar-refractivity contribution in [1.29, 1.82) is 0 Å². The molecule has 0 aliphatic heterocycles. The first-order valence-electron chi connectivity index (χ1n) is 6.68. The normalized spacial score (nSPS) is 42.0. The molecule has 4 atom stereocenters. The molecular formula is C14H26. The Kier molecular flexibility index (Phi) is 3.19. The molecular weight excluding hydrogens is 168 g/mol. The summed E-state index contributed by atoms with van der Waals surface area (Å²) < 4.78 is 0. The van der Waals surface area contributed by atoms with Gasteiger partial charge in [0.15, 0.2) is 0 Å². The summed E-state index contributed by atoms with van der Waals surface area (Å²) in [4.78, 5) is 0. The molecule has 0 N–H and O–H groups in total. The standard InChI is InChI=1S/C14H26/c1-10(2)7-8-13-11(3)9-12-5-4-6-14(12)13/h10-14H,4-9H2,1-3H3. The number of hydrogen-bond acceptors (Lipinski definition) is 0. The number of hydrogen-bond donors (Lipinski definition) is 0. The third kappa shape index (κ3) is 1.99. The molecule has 0 nitrogen and oxygen atoms in total. The third-order valence-electron chi connectivity index (χ3n) is 4.75. The van der Waals surface area contributed by atoms with Crippen LogP contribution in [0.4, 0.5) is 0 Å². The molecule has 0 radical (unpaired) electrons. The minimum Gasteiger partial charge on any atom is -0.0628 e. The maximum Gasteiger partial charge on any atom is -0.0355 e. The molecule has 0 bridgehead atoms. The summed E-state index contributed by atoms with van der Waals surface area (Å²) in [5.74, 6) is 5.28. The second-order valence-electron chi connectivity index (χ2n) is 6.20. The van der Waals surface area contributed by atoms with Gasteiger partial charge in [-0.15, -0.1) is 0 Å². The first-order chi connectivity index (χ1) is 6.68. The Labute approximate surface area is 89.5 Å². The molecule has 2 fully saturated rings. The van der Waals surface area contributed by atoms with E-state index in [0.717, 1.165) is 29.6 Å². The lowest BCUT2D eigenvalue weighted by atomic mass is 9.83. The highest BCUT2D eigenvalue weighted by Crippen LogP contribution is 2.52. The molecule has 2 rings (SSSR count). The molecule has 82 valence electrons. The van der Waals surface area contributed by atoms with Gasteiger partial charge < -0.3 is 0 Å². The molecule has 0 heterocycles. The first-order valence-corrected chi connectivity index (χ1v) is 6.68. The number of fused-ring (bicyclic) bond motifs is 1. The van der Waals surface area contributed by atoms with E-state index in [2.05, 4.69) is 20.8 Å². The van der Waals surface area contributed by atoms with Gasteiger partial charge in [-0.2, -0.15) is 0 Å². The predicted molar refractivity (Wildman–Crippen MR) is 62.2 cm³/mol. The van der Waals surface area contributed by atoms with Gasteiger partial charge in [0.1, 0.15) is 0 Å². The van der Waals surface area contributed by atoms with Gasteiger partial charge in [0.25, 0.3) is 0 Å². The van der Waals surface area contributed by atoms with Crippen LogP contribution in [0.5, 0.6) is 0 Å². The van der Waals surface area contributed by atoms with Crippen LogP contribution < -0.4 is 0 Å². The molecule has 2 saturated carbocycles. The Morgan fingerprint density at radius 2 is 2.00 bits per heavy atom. The van der Waals surface area contributed by atoms with Gasteiger partial charge >= 0.3 is 0 Å². The Morgan fingerprint density at radius 3 is 2.71 bits per heavy atom. The molecule has 2 aliphatic rings. The topological polar surface area (TPSA) is 0 Å². The maximum absolute atomic E-state index is 2.50. The van der Waals surface area contributed by atoms with Gasteiger partial charge in [-0.3, -0.25) is 0 Å². The zero-order valence-electron chi connectivity index (χ0n) is 10.1. The average molecular weight is 194 g/mol. The van der Waals surface area contributed by atoms with E-state index in [1.165, 1.54) is 19.3 Å². The fourth-order valence-corrected chi connectivity index (χ4v) is 4.02. The fourth-order valence-electron chi connectivity index (χ4n) is 4.02. The molecule has 0 saturated heterocycles. The van der Waals surface area contributed by atoms with E-state index in [0.29, 0.717) is 0 Å². The zero-order valence-corrected chi connectivity index (χ0v) is 10.1. The Bertz CT molecular complexity index is 182. The van der Waals surface area contributed by atoms with Gasteiger partial charge in [-0.1, -0.05) is 40.0 Å². The second kappa shape index (κ2) is 4.24. The van der Waals surface area contributed by atoms with Crippen LogP contribution in [-0.4, -0.2) is 0 Å².